The molecular weight excluding hydrogens is 419 g/mol. The second kappa shape index (κ2) is 8.39. The van der Waals surface area contributed by atoms with Crippen LogP contribution < -0.4 is 16.8 Å². The zero-order valence-electron chi connectivity index (χ0n) is 16.5. The number of nitriles is 1. The molecule has 0 fully saturated rings. The number of nitrogens with one attached hydrogen (secondary N) is 1. The number of nitrogens with two attached hydrogens (primary N) is 2. The van der Waals surface area contributed by atoms with Gasteiger partial charge in [0.25, 0.3) is 0 Å². The van der Waals surface area contributed by atoms with Gasteiger partial charge in [-0.3, -0.25) is 0 Å². The summed E-state index contributed by atoms with van der Waals surface area (Å²) in [7, 11) is 0. The van der Waals surface area contributed by atoms with E-state index in [2.05, 4.69) is 20.3 Å². The predicted octanol–water partition coefficient (Wildman–Crippen LogP) is 3.80. The molecule has 2 aromatic heterocycles. The second-order valence-corrected chi connectivity index (χ2v) is 6.97. The van der Waals surface area contributed by atoms with Crippen molar-refractivity contribution in [2.24, 2.45) is 0 Å². The highest BCUT2D eigenvalue weighted by Gasteiger charge is 2.14. The Hall–Kier alpha value is -4.39. The average molecular weight is 435 g/mol. The third kappa shape index (κ3) is 4.22. The number of rotatable bonds is 5. The van der Waals surface area contributed by atoms with Gasteiger partial charge in [-0.25, -0.2) is 18.2 Å². The van der Waals surface area contributed by atoms with Crippen molar-refractivity contribution >= 4 is 28.5 Å². The number of halogens is 3. The number of benzene rings is 2. The van der Waals surface area contributed by atoms with Crippen molar-refractivity contribution in [3.63, 3.8) is 0 Å². The van der Waals surface area contributed by atoms with Gasteiger partial charge in [-0.2, -0.15) is 15.2 Å². The van der Waals surface area contributed by atoms with Gasteiger partial charge in [0, 0.05) is 29.6 Å². The topological polar surface area (TPSA) is 127 Å². The van der Waals surface area contributed by atoms with Crippen molar-refractivity contribution in [1.29, 1.82) is 5.26 Å². The average Bonchev–Trinajstić information content (AvgIpc) is 2.72. The van der Waals surface area contributed by atoms with E-state index in [1.165, 1.54) is 12.1 Å². The summed E-state index contributed by atoms with van der Waals surface area (Å²) >= 11 is 0. The lowest BCUT2D eigenvalue weighted by Gasteiger charge is -2.13. The number of hydrogen-bond donors (Lipinski definition) is 3. The summed E-state index contributed by atoms with van der Waals surface area (Å²) in [4.78, 5) is 12.2. The molecule has 7 nitrogen and oxygen atoms in total. The van der Waals surface area contributed by atoms with Crippen molar-refractivity contribution in [3.8, 4) is 17.3 Å². The standard InChI is InChI=1S/C22H16F3N7/c23-14-2-1-11-5-12(3-4-29-21-17(10-26)20(27)31-22(28)32-21)19(30-18(11)9-14)13-6-15(24)8-16(25)7-13/h1-2,5-9H,3-4H2,(H5,27,28,29,31,32). The van der Waals surface area contributed by atoms with Crippen molar-refractivity contribution in [2.45, 2.75) is 6.42 Å². The van der Waals surface area contributed by atoms with E-state index in [9.17, 15) is 18.4 Å². The van der Waals surface area contributed by atoms with Crippen LogP contribution in [0, 0.1) is 28.8 Å². The molecule has 0 saturated carbocycles. The number of fused-ring (bicyclic) bond motifs is 1. The van der Waals surface area contributed by atoms with Gasteiger partial charge in [0.15, 0.2) is 5.82 Å². The number of nitrogen functional groups attached to an aromatic ring is 2. The van der Waals surface area contributed by atoms with E-state index in [1.807, 2.05) is 6.07 Å². The summed E-state index contributed by atoms with van der Waals surface area (Å²) in [6.07, 6.45) is 0.336. The Morgan fingerprint density at radius 3 is 2.38 bits per heavy atom. The first kappa shape index (κ1) is 20.9. The van der Waals surface area contributed by atoms with Gasteiger partial charge in [-0.05, 0) is 42.3 Å². The van der Waals surface area contributed by atoms with Crippen LogP contribution in [0.2, 0.25) is 0 Å². The van der Waals surface area contributed by atoms with E-state index in [-0.39, 0.29) is 35.3 Å². The van der Waals surface area contributed by atoms with Gasteiger partial charge in [0.2, 0.25) is 5.95 Å². The summed E-state index contributed by atoms with van der Waals surface area (Å²) in [5.41, 5.74) is 12.9. The maximum atomic E-state index is 13.8. The van der Waals surface area contributed by atoms with Crippen LogP contribution in [-0.4, -0.2) is 21.5 Å². The number of pyridine rings is 1. The van der Waals surface area contributed by atoms with E-state index in [0.29, 0.717) is 28.6 Å². The molecule has 0 atom stereocenters. The zero-order valence-corrected chi connectivity index (χ0v) is 16.5. The maximum Gasteiger partial charge on any atom is 0.224 e. The first-order valence-electron chi connectivity index (χ1n) is 9.46. The molecule has 0 aliphatic carbocycles. The second-order valence-electron chi connectivity index (χ2n) is 6.97. The van der Waals surface area contributed by atoms with E-state index in [4.69, 9.17) is 11.5 Å². The highest BCUT2D eigenvalue weighted by atomic mass is 19.1. The molecule has 0 amide bonds. The molecule has 160 valence electrons. The van der Waals surface area contributed by atoms with Gasteiger partial charge < -0.3 is 16.8 Å². The quantitative estimate of drug-likeness (QED) is 0.435. The minimum absolute atomic E-state index is 0.0483. The molecular formula is C22H16F3N7. The van der Waals surface area contributed by atoms with E-state index >= 15 is 0 Å². The molecule has 10 heteroatoms. The van der Waals surface area contributed by atoms with Crippen LogP contribution in [-0.2, 0) is 6.42 Å². The summed E-state index contributed by atoms with van der Waals surface area (Å²) < 4.78 is 41.4. The molecule has 4 rings (SSSR count). The van der Waals surface area contributed by atoms with Gasteiger partial charge in [0.05, 0.1) is 11.2 Å². The Bertz CT molecular complexity index is 1360. The van der Waals surface area contributed by atoms with E-state index in [0.717, 1.165) is 18.2 Å². The fourth-order valence-corrected chi connectivity index (χ4v) is 3.36. The molecule has 2 heterocycles. The molecule has 2 aromatic carbocycles. The fourth-order valence-electron chi connectivity index (χ4n) is 3.36. The molecule has 0 aliphatic heterocycles. The fraction of sp³-hybridized carbons (Fsp3) is 0.0909. The van der Waals surface area contributed by atoms with Crippen molar-refractivity contribution in [3.05, 3.63) is 71.0 Å². The minimum Gasteiger partial charge on any atom is -0.382 e. The molecule has 4 aromatic rings. The summed E-state index contributed by atoms with van der Waals surface area (Å²) in [6.45, 7) is 0.268. The van der Waals surface area contributed by atoms with Crippen LogP contribution in [0.25, 0.3) is 22.2 Å². The Kier molecular flexibility index (Phi) is 5.47. The molecule has 0 radical (unpaired) electrons. The third-order valence-corrected chi connectivity index (χ3v) is 4.75. The Morgan fingerprint density at radius 2 is 1.66 bits per heavy atom. The lowest BCUT2D eigenvalue weighted by atomic mass is 10.0. The molecule has 32 heavy (non-hydrogen) atoms. The first-order chi connectivity index (χ1) is 15.3. The number of nitrogens with zero attached hydrogens (tertiary/aromatic N) is 4. The van der Waals surface area contributed by atoms with E-state index in [1.54, 1.807) is 12.1 Å². The Morgan fingerprint density at radius 1 is 0.906 bits per heavy atom. The monoisotopic (exact) mass is 435 g/mol. The minimum atomic E-state index is -0.754. The van der Waals surface area contributed by atoms with Crippen LogP contribution >= 0.6 is 0 Å². The summed E-state index contributed by atoms with van der Waals surface area (Å²) in [5.74, 6) is -1.95. The Balaban J connectivity index is 1.72. The smallest absolute Gasteiger partial charge is 0.224 e. The first-order valence-corrected chi connectivity index (χ1v) is 9.46. The maximum absolute atomic E-state index is 13.8. The van der Waals surface area contributed by atoms with Gasteiger partial charge in [-0.15, -0.1) is 0 Å². The predicted molar refractivity (Wildman–Crippen MR) is 115 cm³/mol. The lowest BCUT2D eigenvalue weighted by Crippen LogP contribution is -2.12. The lowest BCUT2D eigenvalue weighted by molar-refractivity contribution is 0.584. The summed E-state index contributed by atoms with van der Waals surface area (Å²) in [6, 6.07) is 10.9. The SMILES string of the molecule is N#Cc1c(N)nc(N)nc1NCCc1cc2ccc(F)cc2nc1-c1cc(F)cc(F)c1. The Labute approximate surface area is 180 Å². The van der Waals surface area contributed by atoms with Gasteiger partial charge in [0.1, 0.15) is 34.9 Å². The molecule has 0 bridgehead atoms. The molecule has 0 spiro atoms. The molecule has 0 aliphatic rings. The number of hydrogen-bond acceptors (Lipinski definition) is 7. The van der Waals surface area contributed by atoms with Crippen molar-refractivity contribution in [2.75, 3.05) is 23.3 Å². The summed E-state index contributed by atoms with van der Waals surface area (Å²) in [5, 5.41) is 12.9. The van der Waals surface area contributed by atoms with Crippen LogP contribution in [0.3, 0.4) is 0 Å². The number of anilines is 3. The molecule has 0 unspecified atom stereocenters. The zero-order chi connectivity index (χ0) is 22.8. The highest BCUT2D eigenvalue weighted by Crippen LogP contribution is 2.28. The normalized spacial score (nSPS) is 10.8. The van der Waals surface area contributed by atoms with Crippen LogP contribution in [0.4, 0.5) is 30.8 Å². The number of aromatic nitrogens is 3. The molecule has 5 N–H and O–H groups in total. The largest absolute Gasteiger partial charge is 0.382 e. The van der Waals surface area contributed by atoms with Crippen LogP contribution in [0.15, 0.2) is 42.5 Å². The van der Waals surface area contributed by atoms with E-state index < -0.39 is 17.5 Å². The van der Waals surface area contributed by atoms with Crippen LogP contribution in [0.1, 0.15) is 11.1 Å². The van der Waals surface area contributed by atoms with Gasteiger partial charge in [-0.1, -0.05) is 0 Å². The van der Waals surface area contributed by atoms with Crippen molar-refractivity contribution < 1.29 is 13.2 Å². The highest BCUT2D eigenvalue weighted by molar-refractivity contribution is 5.83. The van der Waals surface area contributed by atoms with Crippen LogP contribution in [0.5, 0.6) is 0 Å². The molecule has 0 saturated heterocycles. The van der Waals surface area contributed by atoms with Crippen molar-refractivity contribution in [1.82, 2.24) is 15.0 Å². The third-order valence-electron chi connectivity index (χ3n) is 4.75. The van der Waals surface area contributed by atoms with Gasteiger partial charge >= 0.3 is 0 Å².